The largest absolute Gasteiger partial charge is 0.465 e. The van der Waals surface area contributed by atoms with Crippen molar-refractivity contribution in [3.8, 4) is 11.5 Å². The lowest BCUT2D eigenvalue weighted by Crippen LogP contribution is -2.30. The van der Waals surface area contributed by atoms with Gasteiger partial charge in [0.1, 0.15) is 24.7 Å². The predicted octanol–water partition coefficient (Wildman–Crippen LogP) is 3.74. The molecule has 0 radical (unpaired) electrons. The molecule has 0 saturated heterocycles. The third-order valence-electron chi connectivity index (χ3n) is 4.24. The summed E-state index contributed by atoms with van der Waals surface area (Å²) in [5.41, 5.74) is 1.39. The Kier molecular flexibility index (Phi) is 7.37. The van der Waals surface area contributed by atoms with Crippen LogP contribution in [0.1, 0.15) is 26.3 Å². The monoisotopic (exact) mass is 419 g/mol. The van der Waals surface area contributed by atoms with Crippen LogP contribution in [0.5, 0.6) is 11.5 Å². The molecule has 0 heterocycles. The average molecular weight is 419 g/mol. The molecule has 3 aromatic rings. The van der Waals surface area contributed by atoms with Gasteiger partial charge in [-0.3, -0.25) is 9.59 Å². The van der Waals surface area contributed by atoms with Crippen molar-refractivity contribution >= 4 is 17.8 Å². The van der Waals surface area contributed by atoms with Crippen LogP contribution in [0, 0.1) is 0 Å². The van der Waals surface area contributed by atoms with Crippen LogP contribution in [-0.2, 0) is 20.9 Å². The zero-order valence-corrected chi connectivity index (χ0v) is 16.9. The topological polar surface area (TPSA) is 90.9 Å². The van der Waals surface area contributed by atoms with Gasteiger partial charge in [-0.2, -0.15) is 0 Å². The second kappa shape index (κ2) is 10.6. The number of nitrogens with one attached hydrogen (secondary N) is 1. The zero-order valence-electron chi connectivity index (χ0n) is 16.9. The maximum absolute atomic E-state index is 12.2. The van der Waals surface area contributed by atoms with Crippen molar-refractivity contribution in [2.24, 2.45) is 0 Å². The number of ether oxygens (including phenoxy) is 3. The average Bonchev–Trinajstić information content (AvgIpc) is 2.82. The molecule has 0 bridgehead atoms. The molecule has 0 spiro atoms. The predicted molar refractivity (Wildman–Crippen MR) is 113 cm³/mol. The van der Waals surface area contributed by atoms with Gasteiger partial charge >= 0.3 is 11.9 Å². The molecule has 0 atom stereocenters. The molecule has 1 N–H and O–H groups in total. The van der Waals surface area contributed by atoms with Crippen molar-refractivity contribution in [1.82, 2.24) is 5.32 Å². The van der Waals surface area contributed by atoms with Crippen LogP contribution in [0.25, 0.3) is 0 Å². The van der Waals surface area contributed by atoms with E-state index in [9.17, 15) is 14.4 Å². The van der Waals surface area contributed by atoms with E-state index in [2.05, 4.69) is 10.1 Å². The number of hydrogen-bond donors (Lipinski definition) is 1. The van der Waals surface area contributed by atoms with E-state index in [0.717, 1.165) is 0 Å². The number of benzene rings is 3. The van der Waals surface area contributed by atoms with Gasteiger partial charge in [-0.05, 0) is 54.1 Å². The van der Waals surface area contributed by atoms with Crippen molar-refractivity contribution in [1.29, 1.82) is 0 Å². The molecule has 1 amide bonds. The summed E-state index contributed by atoms with van der Waals surface area (Å²) in [6, 6.07) is 22.4. The minimum absolute atomic E-state index is 0.0228. The van der Waals surface area contributed by atoms with Gasteiger partial charge in [0.25, 0.3) is 5.91 Å². The smallest absolute Gasteiger partial charge is 0.337 e. The fourth-order valence-electron chi connectivity index (χ4n) is 2.67. The number of esters is 2. The van der Waals surface area contributed by atoms with Crippen LogP contribution >= 0.6 is 0 Å². The first-order chi connectivity index (χ1) is 15.0. The van der Waals surface area contributed by atoms with Gasteiger partial charge in [0, 0.05) is 5.56 Å². The Balaban J connectivity index is 1.46. The van der Waals surface area contributed by atoms with E-state index in [1.165, 1.54) is 7.11 Å². The number of rotatable bonds is 8. The molecule has 0 aliphatic heterocycles. The normalized spacial score (nSPS) is 10.1. The fourth-order valence-corrected chi connectivity index (χ4v) is 2.67. The Labute approximate surface area is 179 Å². The van der Waals surface area contributed by atoms with Gasteiger partial charge in [-0.1, -0.05) is 30.3 Å². The summed E-state index contributed by atoms with van der Waals surface area (Å²) >= 11 is 0. The number of amides is 1. The molecule has 0 fully saturated rings. The quantitative estimate of drug-likeness (QED) is 0.560. The third kappa shape index (κ3) is 6.43. The highest BCUT2D eigenvalue weighted by Gasteiger charge is 2.11. The molecule has 0 aromatic heterocycles. The number of para-hydroxylation sites is 1. The molecule has 31 heavy (non-hydrogen) atoms. The molecule has 3 rings (SSSR count). The van der Waals surface area contributed by atoms with Crippen molar-refractivity contribution < 1.29 is 28.6 Å². The first-order valence-electron chi connectivity index (χ1n) is 9.49. The number of methoxy groups -OCH3 is 1. The number of carbonyl (C=O) groups excluding carboxylic acids is 3. The highest BCUT2D eigenvalue weighted by molar-refractivity contribution is 5.96. The molecule has 7 heteroatoms. The molecule has 0 aliphatic carbocycles. The van der Waals surface area contributed by atoms with Crippen molar-refractivity contribution in [2.45, 2.75) is 6.61 Å². The van der Waals surface area contributed by atoms with E-state index in [4.69, 9.17) is 9.47 Å². The maximum atomic E-state index is 12.2. The lowest BCUT2D eigenvalue weighted by Gasteiger charge is -2.09. The molecule has 158 valence electrons. The van der Waals surface area contributed by atoms with Gasteiger partial charge < -0.3 is 19.5 Å². The second-order valence-electron chi connectivity index (χ2n) is 6.47. The standard InChI is InChI=1S/C24H21NO6/c1-29-24(28)19-7-5-6-17(14-19)16-30-22(26)15-25-23(27)18-10-12-21(13-11-18)31-20-8-3-2-4-9-20/h2-14H,15-16H2,1H3,(H,25,27). The number of hydrogen-bond acceptors (Lipinski definition) is 6. The molecule has 0 saturated carbocycles. The highest BCUT2D eigenvalue weighted by atomic mass is 16.5. The van der Waals surface area contributed by atoms with Gasteiger partial charge in [-0.25, -0.2) is 4.79 Å². The lowest BCUT2D eigenvalue weighted by molar-refractivity contribution is -0.143. The minimum Gasteiger partial charge on any atom is -0.465 e. The Bertz CT molecular complexity index is 1050. The summed E-state index contributed by atoms with van der Waals surface area (Å²) in [6.07, 6.45) is 0. The highest BCUT2D eigenvalue weighted by Crippen LogP contribution is 2.21. The van der Waals surface area contributed by atoms with Gasteiger partial charge in [0.05, 0.1) is 12.7 Å². The first-order valence-corrected chi connectivity index (χ1v) is 9.49. The van der Waals surface area contributed by atoms with Crippen LogP contribution in [0.3, 0.4) is 0 Å². The Morgan fingerprint density at radius 1 is 0.806 bits per heavy atom. The van der Waals surface area contributed by atoms with E-state index in [1.807, 2.05) is 30.3 Å². The zero-order chi connectivity index (χ0) is 22.1. The van der Waals surface area contributed by atoms with E-state index in [1.54, 1.807) is 48.5 Å². The summed E-state index contributed by atoms with van der Waals surface area (Å²) in [5.74, 6) is -0.187. The van der Waals surface area contributed by atoms with Crippen molar-refractivity contribution in [2.75, 3.05) is 13.7 Å². The van der Waals surface area contributed by atoms with Crippen LogP contribution < -0.4 is 10.1 Å². The van der Waals surface area contributed by atoms with E-state index >= 15 is 0 Å². The van der Waals surface area contributed by atoms with Crippen LogP contribution in [0.15, 0.2) is 78.9 Å². The van der Waals surface area contributed by atoms with Crippen molar-refractivity contribution in [3.63, 3.8) is 0 Å². The molecule has 3 aromatic carbocycles. The second-order valence-corrected chi connectivity index (χ2v) is 6.47. The SMILES string of the molecule is COC(=O)c1cccc(COC(=O)CNC(=O)c2ccc(Oc3ccccc3)cc2)c1. The molecule has 0 aliphatic rings. The first kappa shape index (κ1) is 21.6. The summed E-state index contributed by atoms with van der Waals surface area (Å²) in [7, 11) is 1.29. The fraction of sp³-hybridized carbons (Fsp3) is 0.125. The van der Waals surface area contributed by atoms with Crippen molar-refractivity contribution in [3.05, 3.63) is 95.6 Å². The Morgan fingerprint density at radius 2 is 1.52 bits per heavy atom. The van der Waals surface area contributed by atoms with Gasteiger partial charge in [0.2, 0.25) is 0 Å². The van der Waals surface area contributed by atoms with Crippen LogP contribution in [0.2, 0.25) is 0 Å². The van der Waals surface area contributed by atoms with Gasteiger partial charge in [0.15, 0.2) is 0 Å². The summed E-state index contributed by atoms with van der Waals surface area (Å²) in [4.78, 5) is 35.7. The van der Waals surface area contributed by atoms with Gasteiger partial charge in [-0.15, -0.1) is 0 Å². The molecule has 7 nitrogen and oxygen atoms in total. The Hall–Kier alpha value is -4.13. The number of carbonyl (C=O) groups is 3. The molecular formula is C24H21NO6. The lowest BCUT2D eigenvalue weighted by atomic mass is 10.1. The Morgan fingerprint density at radius 3 is 2.23 bits per heavy atom. The summed E-state index contributed by atoms with van der Waals surface area (Å²) in [6.45, 7) is -0.303. The van der Waals surface area contributed by atoms with E-state index < -0.39 is 17.8 Å². The minimum atomic E-state index is -0.596. The third-order valence-corrected chi connectivity index (χ3v) is 4.24. The van der Waals surface area contributed by atoms with E-state index in [0.29, 0.717) is 28.2 Å². The molecule has 0 unspecified atom stereocenters. The van der Waals surface area contributed by atoms with E-state index in [-0.39, 0.29) is 13.2 Å². The van der Waals surface area contributed by atoms with Crippen LogP contribution in [0.4, 0.5) is 0 Å². The summed E-state index contributed by atoms with van der Waals surface area (Å²) < 4.78 is 15.5. The summed E-state index contributed by atoms with van der Waals surface area (Å²) in [5, 5.41) is 2.51. The van der Waals surface area contributed by atoms with Crippen LogP contribution in [-0.4, -0.2) is 31.5 Å². The maximum Gasteiger partial charge on any atom is 0.337 e. The molecular weight excluding hydrogens is 398 g/mol.